The lowest BCUT2D eigenvalue weighted by Gasteiger charge is -2.13. The van der Waals surface area contributed by atoms with Crippen molar-refractivity contribution >= 4 is 27.6 Å². The van der Waals surface area contributed by atoms with Crippen molar-refractivity contribution in [3.63, 3.8) is 0 Å². The highest BCUT2D eigenvalue weighted by Gasteiger charge is 2.16. The van der Waals surface area contributed by atoms with Gasteiger partial charge in [0.15, 0.2) is 0 Å². The number of hydrogen-bond donors (Lipinski definition) is 1. The molecule has 1 amide bonds. The molecule has 3 aromatic rings. The van der Waals surface area contributed by atoms with Crippen LogP contribution in [0.3, 0.4) is 0 Å². The van der Waals surface area contributed by atoms with Crippen molar-refractivity contribution in [2.24, 2.45) is 0 Å². The molecule has 1 aromatic heterocycles. The number of nitrogens with zero attached hydrogens (tertiary/aromatic N) is 1. The van der Waals surface area contributed by atoms with Crippen LogP contribution in [0.4, 0.5) is 4.79 Å². The Bertz CT molecular complexity index is 836. The molecule has 0 aliphatic heterocycles. The SMILES string of the molecule is CC(NC(=O)n1sc2ccccc2c1=O)c1ccccc1. The fourth-order valence-corrected chi connectivity index (χ4v) is 3.08. The van der Waals surface area contributed by atoms with E-state index in [1.165, 1.54) is 3.96 Å². The molecule has 1 heterocycles. The molecule has 5 heteroatoms. The van der Waals surface area contributed by atoms with Gasteiger partial charge in [0.1, 0.15) is 0 Å². The summed E-state index contributed by atoms with van der Waals surface area (Å²) >= 11 is 1.16. The largest absolute Gasteiger partial charge is 0.338 e. The molecule has 0 bridgehead atoms. The van der Waals surface area contributed by atoms with Crippen LogP contribution in [0.2, 0.25) is 0 Å². The molecule has 1 unspecified atom stereocenters. The highest BCUT2D eigenvalue weighted by Crippen LogP contribution is 2.16. The minimum absolute atomic E-state index is 0.157. The minimum atomic E-state index is -0.391. The van der Waals surface area contributed by atoms with Crippen LogP contribution in [-0.2, 0) is 0 Å². The number of amides is 1. The molecule has 2 aromatic carbocycles. The van der Waals surface area contributed by atoms with E-state index in [-0.39, 0.29) is 11.6 Å². The van der Waals surface area contributed by atoms with E-state index in [0.717, 1.165) is 21.8 Å². The summed E-state index contributed by atoms with van der Waals surface area (Å²) in [4.78, 5) is 24.5. The van der Waals surface area contributed by atoms with E-state index in [4.69, 9.17) is 0 Å². The molecule has 0 radical (unpaired) electrons. The van der Waals surface area contributed by atoms with Crippen LogP contribution in [0.1, 0.15) is 18.5 Å². The first-order valence-electron chi connectivity index (χ1n) is 6.63. The van der Waals surface area contributed by atoms with Crippen LogP contribution in [0, 0.1) is 0 Å². The quantitative estimate of drug-likeness (QED) is 0.788. The van der Waals surface area contributed by atoms with E-state index < -0.39 is 6.03 Å². The lowest BCUT2D eigenvalue weighted by molar-refractivity contribution is 0.241. The van der Waals surface area contributed by atoms with Crippen LogP contribution < -0.4 is 10.9 Å². The Morgan fingerprint density at radius 1 is 1.10 bits per heavy atom. The van der Waals surface area contributed by atoms with Crippen molar-refractivity contribution in [3.05, 3.63) is 70.5 Å². The van der Waals surface area contributed by atoms with E-state index in [2.05, 4.69) is 5.32 Å². The Balaban J connectivity index is 1.88. The number of aromatic nitrogens is 1. The van der Waals surface area contributed by atoms with Gasteiger partial charge in [0.05, 0.1) is 16.1 Å². The second-order valence-electron chi connectivity index (χ2n) is 4.77. The highest BCUT2D eigenvalue weighted by molar-refractivity contribution is 7.14. The van der Waals surface area contributed by atoms with Gasteiger partial charge in [-0.3, -0.25) is 4.79 Å². The molecule has 0 aliphatic carbocycles. The summed E-state index contributed by atoms with van der Waals surface area (Å²) in [7, 11) is 0. The summed E-state index contributed by atoms with van der Waals surface area (Å²) in [6.07, 6.45) is 0. The monoisotopic (exact) mass is 298 g/mol. The zero-order valence-electron chi connectivity index (χ0n) is 11.4. The maximum Gasteiger partial charge on any atom is 0.338 e. The lowest BCUT2D eigenvalue weighted by Crippen LogP contribution is -2.34. The summed E-state index contributed by atoms with van der Waals surface area (Å²) in [6.45, 7) is 1.89. The van der Waals surface area contributed by atoms with Crippen molar-refractivity contribution in [3.8, 4) is 0 Å². The molecule has 0 fully saturated rings. The molecule has 0 saturated heterocycles. The molecule has 0 saturated carbocycles. The molecule has 21 heavy (non-hydrogen) atoms. The maximum atomic E-state index is 12.3. The first-order chi connectivity index (χ1) is 10.2. The molecule has 1 N–H and O–H groups in total. The lowest BCUT2D eigenvalue weighted by atomic mass is 10.1. The van der Waals surface area contributed by atoms with Gasteiger partial charge < -0.3 is 5.32 Å². The minimum Gasteiger partial charge on any atom is -0.330 e. The standard InChI is InChI=1S/C16H14N2O2S/c1-11(12-7-3-2-4-8-12)17-16(20)18-15(19)13-9-5-6-10-14(13)21-18/h2-11H,1H3,(H,17,20). The average molecular weight is 298 g/mol. The zero-order valence-corrected chi connectivity index (χ0v) is 12.3. The Kier molecular flexibility index (Phi) is 3.58. The van der Waals surface area contributed by atoms with Crippen LogP contribution in [0.15, 0.2) is 59.4 Å². The zero-order chi connectivity index (χ0) is 14.8. The first kappa shape index (κ1) is 13.6. The van der Waals surface area contributed by atoms with Crippen molar-refractivity contribution in [2.75, 3.05) is 0 Å². The molecule has 106 valence electrons. The van der Waals surface area contributed by atoms with E-state index >= 15 is 0 Å². The number of carbonyl (C=O) groups excluding carboxylic acids is 1. The highest BCUT2D eigenvalue weighted by atomic mass is 32.1. The Labute approximate surface area is 125 Å². The molecule has 0 aliphatic rings. The Morgan fingerprint density at radius 3 is 2.48 bits per heavy atom. The van der Waals surface area contributed by atoms with Gasteiger partial charge in [0.2, 0.25) is 0 Å². The topological polar surface area (TPSA) is 51.1 Å². The third-order valence-electron chi connectivity index (χ3n) is 3.32. The van der Waals surface area contributed by atoms with E-state index in [9.17, 15) is 9.59 Å². The van der Waals surface area contributed by atoms with E-state index in [1.807, 2.05) is 49.4 Å². The second kappa shape index (κ2) is 5.54. The van der Waals surface area contributed by atoms with Crippen molar-refractivity contribution in [1.82, 2.24) is 9.27 Å². The number of hydrogen-bond acceptors (Lipinski definition) is 3. The normalized spacial score (nSPS) is 12.2. The predicted octanol–water partition coefficient (Wildman–Crippen LogP) is 3.38. The molecule has 3 rings (SSSR count). The van der Waals surface area contributed by atoms with Gasteiger partial charge >= 0.3 is 6.03 Å². The van der Waals surface area contributed by atoms with Gasteiger partial charge in [-0.25, -0.2) is 4.79 Å². The van der Waals surface area contributed by atoms with Gasteiger partial charge in [-0.2, -0.15) is 3.96 Å². The smallest absolute Gasteiger partial charge is 0.330 e. The third kappa shape index (κ3) is 2.60. The van der Waals surface area contributed by atoms with Crippen LogP contribution in [0.5, 0.6) is 0 Å². The Hall–Kier alpha value is -2.40. The van der Waals surface area contributed by atoms with E-state index in [0.29, 0.717) is 5.39 Å². The second-order valence-corrected chi connectivity index (χ2v) is 5.76. The van der Waals surface area contributed by atoms with Gasteiger partial charge in [-0.05, 0) is 36.2 Å². The van der Waals surface area contributed by atoms with Gasteiger partial charge in [0.25, 0.3) is 5.56 Å². The average Bonchev–Trinajstić information content (AvgIpc) is 2.86. The van der Waals surface area contributed by atoms with Gasteiger partial charge in [-0.1, -0.05) is 42.5 Å². The van der Waals surface area contributed by atoms with Crippen molar-refractivity contribution in [1.29, 1.82) is 0 Å². The fraction of sp³-hybridized carbons (Fsp3) is 0.125. The fourth-order valence-electron chi connectivity index (χ4n) is 2.17. The molecule has 0 spiro atoms. The summed E-state index contributed by atoms with van der Waals surface area (Å²) in [5, 5.41) is 3.42. The number of benzene rings is 2. The number of carbonyl (C=O) groups is 1. The number of rotatable bonds is 2. The summed E-state index contributed by atoms with van der Waals surface area (Å²) in [5.41, 5.74) is 0.730. The predicted molar refractivity (Wildman–Crippen MR) is 84.9 cm³/mol. The van der Waals surface area contributed by atoms with Gasteiger partial charge in [-0.15, -0.1) is 0 Å². The summed E-state index contributed by atoms with van der Waals surface area (Å²) in [6, 6.07) is 16.3. The van der Waals surface area contributed by atoms with Crippen LogP contribution in [0.25, 0.3) is 10.1 Å². The first-order valence-corrected chi connectivity index (χ1v) is 7.41. The molecule has 1 atom stereocenters. The molecular formula is C16H14N2O2S. The van der Waals surface area contributed by atoms with Crippen molar-refractivity contribution in [2.45, 2.75) is 13.0 Å². The van der Waals surface area contributed by atoms with Crippen molar-refractivity contribution < 1.29 is 4.79 Å². The van der Waals surface area contributed by atoms with Gasteiger partial charge in [0, 0.05) is 0 Å². The number of fused-ring (bicyclic) bond motifs is 1. The number of nitrogens with one attached hydrogen (secondary N) is 1. The Morgan fingerprint density at radius 2 is 1.76 bits per heavy atom. The van der Waals surface area contributed by atoms with Crippen LogP contribution >= 0.6 is 11.5 Å². The maximum absolute atomic E-state index is 12.3. The summed E-state index contributed by atoms with van der Waals surface area (Å²) < 4.78 is 1.98. The van der Waals surface area contributed by atoms with E-state index in [1.54, 1.807) is 12.1 Å². The van der Waals surface area contributed by atoms with Crippen LogP contribution in [-0.4, -0.2) is 9.99 Å². The molecular weight excluding hydrogens is 284 g/mol. The molecule has 4 nitrogen and oxygen atoms in total. The summed E-state index contributed by atoms with van der Waals surface area (Å²) in [5.74, 6) is 0. The third-order valence-corrected chi connectivity index (χ3v) is 4.38.